The summed E-state index contributed by atoms with van der Waals surface area (Å²) in [4.78, 5) is 0. The van der Waals surface area contributed by atoms with E-state index in [9.17, 15) is 0 Å². The average molecular weight is 380 g/mol. The lowest BCUT2D eigenvalue weighted by Gasteiger charge is -2.07. The lowest BCUT2D eigenvalue weighted by molar-refractivity contribution is 0.303. The van der Waals surface area contributed by atoms with Gasteiger partial charge in [-0.15, -0.1) is 0 Å². The fraction of sp³-hybridized carbons (Fsp3) is 0.348. The summed E-state index contributed by atoms with van der Waals surface area (Å²) >= 11 is 0. The van der Waals surface area contributed by atoms with Crippen molar-refractivity contribution in [1.29, 1.82) is 0 Å². The third-order valence-corrected chi connectivity index (χ3v) is 4.60. The number of aromatic amines is 1. The van der Waals surface area contributed by atoms with E-state index in [1.165, 1.54) is 25.7 Å². The molecule has 0 spiro atoms. The van der Waals surface area contributed by atoms with E-state index in [0.717, 1.165) is 35.7 Å². The van der Waals surface area contributed by atoms with Crippen LogP contribution in [0.1, 0.15) is 44.7 Å². The highest BCUT2D eigenvalue weighted by Crippen LogP contribution is 2.24. The topological polar surface area (TPSA) is 73.2 Å². The molecular formula is C23H29N3O2. The Bertz CT molecular complexity index is 843. The third-order valence-electron chi connectivity index (χ3n) is 4.60. The predicted octanol–water partition coefficient (Wildman–Crippen LogP) is 5.59. The number of rotatable bonds is 11. The van der Waals surface area contributed by atoms with E-state index < -0.39 is 0 Å². The van der Waals surface area contributed by atoms with Crippen molar-refractivity contribution < 1.29 is 9.47 Å². The molecule has 0 unspecified atom stereocenters. The van der Waals surface area contributed by atoms with Gasteiger partial charge in [-0.2, -0.15) is 5.10 Å². The highest BCUT2D eigenvalue weighted by atomic mass is 16.5. The molecule has 1 heterocycles. The number of nitrogens with two attached hydrogens (primary N) is 1. The Morgan fingerprint density at radius 1 is 0.929 bits per heavy atom. The fourth-order valence-electron chi connectivity index (χ4n) is 2.97. The van der Waals surface area contributed by atoms with Crippen molar-refractivity contribution in [1.82, 2.24) is 10.2 Å². The number of aromatic nitrogens is 2. The van der Waals surface area contributed by atoms with Gasteiger partial charge in [-0.1, -0.05) is 44.7 Å². The lowest BCUT2D eigenvalue weighted by atomic mass is 10.1. The van der Waals surface area contributed by atoms with E-state index in [2.05, 4.69) is 17.1 Å². The molecule has 5 nitrogen and oxygen atoms in total. The van der Waals surface area contributed by atoms with E-state index >= 15 is 0 Å². The highest BCUT2D eigenvalue weighted by Gasteiger charge is 2.06. The number of ether oxygens (including phenoxy) is 2. The standard InChI is InChI=1S/C23H29N3O2/c1-2-3-4-5-8-15-27-20-13-11-18(12-14-20)22-16-19(25-26-22)17-28-23-10-7-6-9-21(23)24/h6-7,9-14,16H,2-5,8,15,17,24H2,1H3,(H,25,26). The normalized spacial score (nSPS) is 10.8. The van der Waals surface area contributed by atoms with Crippen molar-refractivity contribution in [2.24, 2.45) is 0 Å². The van der Waals surface area contributed by atoms with Gasteiger partial charge in [0, 0.05) is 5.56 Å². The molecule has 1 aromatic heterocycles. The Morgan fingerprint density at radius 2 is 1.71 bits per heavy atom. The van der Waals surface area contributed by atoms with E-state index in [4.69, 9.17) is 15.2 Å². The first kappa shape index (κ1) is 19.8. The fourth-order valence-corrected chi connectivity index (χ4v) is 2.97. The van der Waals surface area contributed by atoms with E-state index in [-0.39, 0.29) is 0 Å². The van der Waals surface area contributed by atoms with Crippen molar-refractivity contribution in [3.8, 4) is 22.8 Å². The largest absolute Gasteiger partial charge is 0.494 e. The molecule has 0 saturated heterocycles. The summed E-state index contributed by atoms with van der Waals surface area (Å²) in [7, 11) is 0. The van der Waals surface area contributed by atoms with E-state index in [1.54, 1.807) is 0 Å². The minimum atomic E-state index is 0.389. The van der Waals surface area contributed by atoms with Crippen LogP contribution in [0.25, 0.3) is 11.3 Å². The summed E-state index contributed by atoms with van der Waals surface area (Å²) in [5, 5.41) is 7.40. The number of hydrogen-bond donors (Lipinski definition) is 2. The van der Waals surface area contributed by atoms with Gasteiger partial charge in [-0.3, -0.25) is 5.10 Å². The number of H-pyrrole nitrogens is 1. The molecule has 0 aliphatic rings. The SMILES string of the molecule is CCCCCCCOc1ccc(-c2cc(COc3ccccc3N)[nH]n2)cc1. The van der Waals surface area contributed by atoms with Crippen LogP contribution in [0.5, 0.6) is 11.5 Å². The number of unbranched alkanes of at least 4 members (excludes halogenated alkanes) is 4. The molecule has 0 amide bonds. The van der Waals surface area contributed by atoms with Crippen LogP contribution in [0.3, 0.4) is 0 Å². The van der Waals surface area contributed by atoms with Gasteiger partial charge in [0.1, 0.15) is 18.1 Å². The first-order valence-electron chi connectivity index (χ1n) is 10.0. The highest BCUT2D eigenvalue weighted by molar-refractivity contribution is 5.60. The maximum absolute atomic E-state index is 5.90. The number of benzene rings is 2. The molecule has 2 aromatic carbocycles. The van der Waals surface area contributed by atoms with E-state index in [1.807, 2.05) is 54.6 Å². The van der Waals surface area contributed by atoms with Crippen molar-refractivity contribution in [3.05, 3.63) is 60.3 Å². The van der Waals surface area contributed by atoms with Gasteiger partial charge in [-0.25, -0.2) is 0 Å². The molecule has 5 heteroatoms. The minimum Gasteiger partial charge on any atom is -0.494 e. The summed E-state index contributed by atoms with van der Waals surface area (Å²) in [6, 6.07) is 17.5. The molecule has 28 heavy (non-hydrogen) atoms. The van der Waals surface area contributed by atoms with Crippen LogP contribution >= 0.6 is 0 Å². The van der Waals surface area contributed by atoms with Gasteiger partial charge in [0.15, 0.2) is 0 Å². The Labute approximate surface area is 166 Å². The molecule has 0 aliphatic heterocycles. The molecular weight excluding hydrogens is 350 g/mol. The second-order valence-corrected chi connectivity index (χ2v) is 6.89. The maximum atomic E-state index is 5.90. The summed E-state index contributed by atoms with van der Waals surface area (Å²) in [5.74, 6) is 1.58. The monoisotopic (exact) mass is 379 g/mol. The first-order valence-corrected chi connectivity index (χ1v) is 10.0. The molecule has 3 rings (SSSR count). The van der Waals surface area contributed by atoms with Gasteiger partial charge in [0.05, 0.1) is 23.7 Å². The number of nitrogens with one attached hydrogen (secondary N) is 1. The maximum Gasteiger partial charge on any atom is 0.142 e. The van der Waals surface area contributed by atoms with Crippen LogP contribution in [-0.2, 0) is 6.61 Å². The number of anilines is 1. The number of hydrogen-bond acceptors (Lipinski definition) is 4. The Morgan fingerprint density at radius 3 is 2.50 bits per heavy atom. The molecule has 0 aliphatic carbocycles. The van der Waals surface area contributed by atoms with Crippen LogP contribution < -0.4 is 15.2 Å². The van der Waals surface area contributed by atoms with Crippen LogP contribution in [0.4, 0.5) is 5.69 Å². The molecule has 0 saturated carbocycles. The lowest BCUT2D eigenvalue weighted by Crippen LogP contribution is -1.98. The van der Waals surface area contributed by atoms with Gasteiger partial charge < -0.3 is 15.2 Å². The molecule has 0 radical (unpaired) electrons. The summed E-state index contributed by atoms with van der Waals surface area (Å²) in [6.07, 6.45) is 6.21. The van der Waals surface area contributed by atoms with Crippen LogP contribution in [0, 0.1) is 0 Å². The number of nitrogens with zero attached hydrogens (tertiary/aromatic N) is 1. The molecule has 3 aromatic rings. The molecule has 0 bridgehead atoms. The summed E-state index contributed by atoms with van der Waals surface area (Å²) in [5.41, 5.74) is 9.34. The minimum absolute atomic E-state index is 0.389. The second-order valence-electron chi connectivity index (χ2n) is 6.89. The van der Waals surface area contributed by atoms with Gasteiger partial charge >= 0.3 is 0 Å². The van der Waals surface area contributed by atoms with Crippen LogP contribution in [0.15, 0.2) is 54.6 Å². The van der Waals surface area contributed by atoms with Crippen LogP contribution in [0.2, 0.25) is 0 Å². The zero-order valence-corrected chi connectivity index (χ0v) is 16.5. The Kier molecular flexibility index (Phi) is 7.36. The molecule has 148 valence electrons. The average Bonchev–Trinajstić information content (AvgIpc) is 3.19. The van der Waals surface area contributed by atoms with Gasteiger partial charge in [0.25, 0.3) is 0 Å². The van der Waals surface area contributed by atoms with Gasteiger partial charge in [-0.05, 0) is 48.9 Å². The smallest absolute Gasteiger partial charge is 0.142 e. The van der Waals surface area contributed by atoms with Crippen molar-refractivity contribution in [2.75, 3.05) is 12.3 Å². The predicted molar refractivity (Wildman–Crippen MR) is 113 cm³/mol. The molecule has 3 N–H and O–H groups in total. The Hall–Kier alpha value is -2.95. The number of nitrogen functional groups attached to an aromatic ring is 1. The van der Waals surface area contributed by atoms with Crippen LogP contribution in [-0.4, -0.2) is 16.8 Å². The zero-order valence-electron chi connectivity index (χ0n) is 16.5. The molecule has 0 atom stereocenters. The second kappa shape index (κ2) is 10.4. The van der Waals surface area contributed by atoms with E-state index in [0.29, 0.717) is 18.0 Å². The number of para-hydroxylation sites is 2. The first-order chi connectivity index (χ1) is 13.8. The zero-order chi connectivity index (χ0) is 19.6. The summed E-state index contributed by atoms with van der Waals surface area (Å²) in [6.45, 7) is 3.39. The molecule has 0 fully saturated rings. The van der Waals surface area contributed by atoms with Crippen molar-refractivity contribution in [3.63, 3.8) is 0 Å². The van der Waals surface area contributed by atoms with Crippen molar-refractivity contribution >= 4 is 5.69 Å². The quantitative estimate of drug-likeness (QED) is 0.336. The summed E-state index contributed by atoms with van der Waals surface area (Å²) < 4.78 is 11.6. The third kappa shape index (κ3) is 5.78. The van der Waals surface area contributed by atoms with Crippen molar-refractivity contribution in [2.45, 2.75) is 45.6 Å². The van der Waals surface area contributed by atoms with Gasteiger partial charge in [0.2, 0.25) is 0 Å². The Balaban J connectivity index is 1.48.